The molecule has 88 valence electrons. The zero-order valence-corrected chi connectivity index (χ0v) is 9.32. The average molecular weight is 214 g/mol. The Hall–Kier alpha value is -0.160. The molecule has 2 atom stereocenters. The summed E-state index contributed by atoms with van der Waals surface area (Å²) in [7, 11) is 0. The van der Waals surface area contributed by atoms with Crippen molar-refractivity contribution in [2.45, 2.75) is 6.42 Å². The molecule has 2 unspecified atom stereocenters. The molecule has 2 rings (SSSR count). The maximum atomic E-state index is 9.42. The van der Waals surface area contributed by atoms with Gasteiger partial charge in [0.1, 0.15) is 0 Å². The molecule has 0 aromatic rings. The van der Waals surface area contributed by atoms with Crippen molar-refractivity contribution < 1.29 is 9.84 Å². The highest BCUT2D eigenvalue weighted by atomic mass is 16.5. The number of hydrogen-bond acceptors (Lipinski definition) is 4. The predicted molar refractivity (Wildman–Crippen MR) is 58.8 cm³/mol. The second-order valence-electron chi connectivity index (χ2n) is 4.62. The second-order valence-corrected chi connectivity index (χ2v) is 4.62. The highest BCUT2D eigenvalue weighted by Crippen LogP contribution is 2.22. The number of rotatable bonds is 4. The minimum Gasteiger partial charge on any atom is -0.396 e. The van der Waals surface area contributed by atoms with E-state index in [0.717, 1.165) is 52.4 Å². The average Bonchev–Trinajstić information content (AvgIpc) is 2.81. The first-order valence-corrected chi connectivity index (χ1v) is 6.02. The molecule has 0 aromatic carbocycles. The zero-order valence-electron chi connectivity index (χ0n) is 9.32. The Morgan fingerprint density at radius 1 is 1.40 bits per heavy atom. The SMILES string of the molecule is OCC(CN1CCNCC1)C1CCOC1. The van der Waals surface area contributed by atoms with Crippen molar-refractivity contribution in [3.05, 3.63) is 0 Å². The first-order chi connectivity index (χ1) is 7.40. The summed E-state index contributed by atoms with van der Waals surface area (Å²) in [6.07, 6.45) is 1.12. The molecule has 4 heteroatoms. The van der Waals surface area contributed by atoms with Gasteiger partial charge in [-0.2, -0.15) is 0 Å². The summed E-state index contributed by atoms with van der Waals surface area (Å²) in [5, 5.41) is 12.8. The molecular weight excluding hydrogens is 192 g/mol. The number of aliphatic hydroxyl groups excluding tert-OH is 1. The van der Waals surface area contributed by atoms with E-state index in [4.69, 9.17) is 4.74 Å². The molecular formula is C11H22N2O2. The Labute approximate surface area is 91.6 Å². The molecule has 2 fully saturated rings. The lowest BCUT2D eigenvalue weighted by Gasteiger charge is -2.32. The van der Waals surface area contributed by atoms with Crippen LogP contribution in [-0.4, -0.2) is 62.6 Å². The van der Waals surface area contributed by atoms with Gasteiger partial charge in [0.05, 0.1) is 0 Å². The van der Waals surface area contributed by atoms with Gasteiger partial charge >= 0.3 is 0 Å². The molecule has 0 radical (unpaired) electrons. The third-order valence-electron chi connectivity index (χ3n) is 3.57. The summed E-state index contributed by atoms with van der Waals surface area (Å²) in [6.45, 7) is 7.46. The van der Waals surface area contributed by atoms with E-state index in [-0.39, 0.29) is 0 Å². The Morgan fingerprint density at radius 3 is 2.80 bits per heavy atom. The monoisotopic (exact) mass is 214 g/mol. The van der Waals surface area contributed by atoms with E-state index >= 15 is 0 Å². The van der Waals surface area contributed by atoms with Crippen molar-refractivity contribution in [1.29, 1.82) is 0 Å². The van der Waals surface area contributed by atoms with Crippen molar-refractivity contribution in [2.24, 2.45) is 11.8 Å². The maximum Gasteiger partial charge on any atom is 0.0499 e. The fraction of sp³-hybridized carbons (Fsp3) is 1.00. The zero-order chi connectivity index (χ0) is 10.5. The molecule has 2 N–H and O–H groups in total. The first kappa shape index (κ1) is 11.3. The molecule has 2 aliphatic rings. The van der Waals surface area contributed by atoms with Gasteiger partial charge in [-0.3, -0.25) is 0 Å². The molecule has 0 amide bonds. The number of piperazine rings is 1. The van der Waals surface area contributed by atoms with E-state index < -0.39 is 0 Å². The van der Waals surface area contributed by atoms with Crippen molar-refractivity contribution in [1.82, 2.24) is 10.2 Å². The summed E-state index contributed by atoms with van der Waals surface area (Å²) < 4.78 is 5.39. The van der Waals surface area contributed by atoms with Crippen molar-refractivity contribution in [3.63, 3.8) is 0 Å². The summed E-state index contributed by atoms with van der Waals surface area (Å²) in [6, 6.07) is 0. The van der Waals surface area contributed by atoms with Crippen molar-refractivity contribution in [2.75, 3.05) is 52.5 Å². The Balaban J connectivity index is 1.78. The van der Waals surface area contributed by atoms with Crippen LogP contribution in [0.25, 0.3) is 0 Å². The van der Waals surface area contributed by atoms with Crippen LogP contribution in [0.1, 0.15) is 6.42 Å². The van der Waals surface area contributed by atoms with Crippen LogP contribution >= 0.6 is 0 Å². The van der Waals surface area contributed by atoms with Gasteiger partial charge in [0, 0.05) is 52.5 Å². The van der Waals surface area contributed by atoms with Crippen LogP contribution in [0.15, 0.2) is 0 Å². The van der Waals surface area contributed by atoms with E-state index in [2.05, 4.69) is 10.2 Å². The lowest BCUT2D eigenvalue weighted by atomic mass is 9.91. The fourth-order valence-corrected chi connectivity index (χ4v) is 2.51. The molecule has 2 heterocycles. The second kappa shape index (κ2) is 5.80. The van der Waals surface area contributed by atoms with Gasteiger partial charge in [-0.15, -0.1) is 0 Å². The topological polar surface area (TPSA) is 44.7 Å². The Kier molecular flexibility index (Phi) is 4.38. The third-order valence-corrected chi connectivity index (χ3v) is 3.57. The van der Waals surface area contributed by atoms with Crippen LogP contribution in [0, 0.1) is 11.8 Å². The smallest absolute Gasteiger partial charge is 0.0499 e. The van der Waals surface area contributed by atoms with Gasteiger partial charge in [0.25, 0.3) is 0 Å². The lowest BCUT2D eigenvalue weighted by molar-refractivity contribution is 0.101. The first-order valence-electron chi connectivity index (χ1n) is 6.02. The maximum absolute atomic E-state index is 9.42. The molecule has 0 aliphatic carbocycles. The number of ether oxygens (including phenoxy) is 1. The molecule has 15 heavy (non-hydrogen) atoms. The number of hydrogen-bond donors (Lipinski definition) is 2. The summed E-state index contributed by atoms with van der Waals surface area (Å²) in [5.74, 6) is 0.982. The number of nitrogens with one attached hydrogen (secondary N) is 1. The lowest BCUT2D eigenvalue weighted by Crippen LogP contribution is -2.46. The van der Waals surface area contributed by atoms with Crippen LogP contribution in [0.3, 0.4) is 0 Å². The summed E-state index contributed by atoms with van der Waals surface area (Å²) >= 11 is 0. The molecule has 0 aromatic heterocycles. The van der Waals surface area contributed by atoms with Crippen LogP contribution in [0.5, 0.6) is 0 Å². The highest BCUT2D eigenvalue weighted by Gasteiger charge is 2.27. The third kappa shape index (κ3) is 3.14. The molecule has 2 saturated heterocycles. The van der Waals surface area contributed by atoms with E-state index in [1.807, 2.05) is 0 Å². The molecule has 2 aliphatic heterocycles. The van der Waals surface area contributed by atoms with E-state index in [0.29, 0.717) is 18.4 Å². The minimum atomic E-state index is 0.304. The Morgan fingerprint density at radius 2 is 2.20 bits per heavy atom. The van der Waals surface area contributed by atoms with Crippen LogP contribution in [-0.2, 0) is 4.74 Å². The van der Waals surface area contributed by atoms with Gasteiger partial charge < -0.3 is 20.1 Å². The summed E-state index contributed by atoms with van der Waals surface area (Å²) in [4.78, 5) is 2.45. The molecule has 4 nitrogen and oxygen atoms in total. The van der Waals surface area contributed by atoms with Gasteiger partial charge in [-0.25, -0.2) is 0 Å². The molecule has 0 spiro atoms. The predicted octanol–water partition coefficient (Wildman–Crippen LogP) is -0.463. The fourth-order valence-electron chi connectivity index (χ4n) is 2.51. The number of nitrogens with zero attached hydrogens (tertiary/aromatic N) is 1. The molecule has 0 saturated carbocycles. The minimum absolute atomic E-state index is 0.304. The van der Waals surface area contributed by atoms with E-state index in [1.165, 1.54) is 0 Å². The highest BCUT2D eigenvalue weighted by molar-refractivity contribution is 4.78. The molecule has 0 bridgehead atoms. The van der Waals surface area contributed by atoms with Crippen LogP contribution in [0.2, 0.25) is 0 Å². The van der Waals surface area contributed by atoms with Crippen LogP contribution < -0.4 is 5.32 Å². The van der Waals surface area contributed by atoms with Crippen molar-refractivity contribution in [3.8, 4) is 0 Å². The van der Waals surface area contributed by atoms with Crippen molar-refractivity contribution >= 4 is 0 Å². The Bertz CT molecular complexity index is 177. The number of aliphatic hydroxyl groups is 1. The van der Waals surface area contributed by atoms with Gasteiger partial charge in [-0.1, -0.05) is 0 Å². The van der Waals surface area contributed by atoms with Gasteiger partial charge in [-0.05, 0) is 18.3 Å². The van der Waals surface area contributed by atoms with E-state index in [9.17, 15) is 5.11 Å². The standard InChI is InChI=1S/C11H22N2O2/c14-8-11(10-1-6-15-9-10)7-13-4-2-12-3-5-13/h10-12,14H,1-9H2. The van der Waals surface area contributed by atoms with Gasteiger partial charge in [0.2, 0.25) is 0 Å². The van der Waals surface area contributed by atoms with E-state index in [1.54, 1.807) is 0 Å². The normalized spacial score (nSPS) is 30.6. The largest absolute Gasteiger partial charge is 0.396 e. The summed E-state index contributed by atoms with van der Waals surface area (Å²) in [5.41, 5.74) is 0. The van der Waals surface area contributed by atoms with Gasteiger partial charge in [0.15, 0.2) is 0 Å². The van der Waals surface area contributed by atoms with Crippen LogP contribution in [0.4, 0.5) is 0 Å². The quantitative estimate of drug-likeness (QED) is 0.664.